The van der Waals surface area contributed by atoms with Crippen molar-refractivity contribution >= 4 is 13.7 Å². The fraction of sp³-hybridized carbons (Fsp3) is 0.939. The zero-order chi connectivity index (χ0) is 42.8. The van der Waals surface area contributed by atoms with Crippen molar-refractivity contribution in [1.29, 1.82) is 0 Å². The van der Waals surface area contributed by atoms with Gasteiger partial charge in [-0.15, -0.1) is 0 Å². The van der Waals surface area contributed by atoms with E-state index in [0.29, 0.717) is 23.9 Å². The van der Waals surface area contributed by atoms with Crippen LogP contribution in [0.4, 0.5) is 0 Å². The number of phosphoric acid groups is 1. The Morgan fingerprint density at radius 1 is 0.586 bits per heavy atom. The van der Waals surface area contributed by atoms with Gasteiger partial charge >= 0.3 is 0 Å². The monoisotopic (exact) mass is 843 g/mol. The number of phosphoric ester groups is 1. The number of carbonyl (C=O) groups excluding carboxylic acids is 1. The van der Waals surface area contributed by atoms with Crippen molar-refractivity contribution < 1.29 is 32.9 Å². The van der Waals surface area contributed by atoms with E-state index in [1.807, 2.05) is 21.1 Å². The van der Waals surface area contributed by atoms with Crippen LogP contribution >= 0.6 is 7.82 Å². The third-order valence-electron chi connectivity index (χ3n) is 11.5. The highest BCUT2D eigenvalue weighted by Crippen LogP contribution is 2.38. The van der Waals surface area contributed by atoms with E-state index in [4.69, 9.17) is 9.05 Å². The first-order chi connectivity index (χ1) is 28.0. The van der Waals surface area contributed by atoms with Crippen LogP contribution in [0.5, 0.6) is 0 Å². The molecule has 0 bridgehead atoms. The molecule has 0 saturated heterocycles. The standard InChI is InChI=1S/C49H99N2O6P/c1-6-8-10-12-14-16-18-20-22-23-24-25-26-27-29-31-33-35-37-39-41-43-49(53)50-47(46-57-58(54,55)56-45-44-51(3,4)5)48(52)42-40-38-36-34-32-30-28-21-19-17-15-13-11-9-7-2/h32,34,47-48,52H,6-31,33,35-46H2,1-5H3,(H-,50,53,54,55)/b34-32+/t47-,48+/m0/s1. The molecule has 0 spiro atoms. The zero-order valence-electron chi connectivity index (χ0n) is 39.3. The number of hydrogen-bond donors (Lipinski definition) is 2. The molecule has 1 unspecified atom stereocenters. The second-order valence-electron chi connectivity index (χ2n) is 18.5. The number of nitrogens with one attached hydrogen (secondary N) is 1. The SMILES string of the molecule is CCCCCCCCCCC/C=C/CCCC[C@@H](O)[C@H](COP(=O)([O-])OCC[N+](C)(C)C)NC(=O)CCCCCCCCCCCCCCCCCCCCCCC. The van der Waals surface area contributed by atoms with Crippen LogP contribution < -0.4 is 10.2 Å². The van der Waals surface area contributed by atoms with E-state index in [1.165, 1.54) is 173 Å². The van der Waals surface area contributed by atoms with Gasteiger partial charge in [0, 0.05) is 6.42 Å². The summed E-state index contributed by atoms with van der Waals surface area (Å²) in [5.41, 5.74) is 0. The largest absolute Gasteiger partial charge is 0.756 e. The van der Waals surface area contributed by atoms with Gasteiger partial charge in [-0.25, -0.2) is 0 Å². The summed E-state index contributed by atoms with van der Waals surface area (Å²) in [6.45, 7) is 4.72. The lowest BCUT2D eigenvalue weighted by Crippen LogP contribution is -2.46. The Hall–Kier alpha value is -0.760. The molecule has 0 aliphatic rings. The molecule has 1 amide bonds. The molecule has 346 valence electrons. The van der Waals surface area contributed by atoms with Crippen LogP contribution in [-0.2, 0) is 18.4 Å². The Kier molecular flexibility index (Phi) is 41.0. The Morgan fingerprint density at radius 3 is 1.34 bits per heavy atom. The first-order valence-corrected chi connectivity index (χ1v) is 26.5. The maximum Gasteiger partial charge on any atom is 0.268 e. The van der Waals surface area contributed by atoms with Crippen molar-refractivity contribution in [1.82, 2.24) is 5.32 Å². The van der Waals surface area contributed by atoms with E-state index in [1.54, 1.807) is 0 Å². The summed E-state index contributed by atoms with van der Waals surface area (Å²) in [4.78, 5) is 25.4. The first kappa shape index (κ1) is 57.2. The normalized spacial score (nSPS) is 14.3. The number of unbranched alkanes of at least 4 members (excludes halogenated alkanes) is 31. The van der Waals surface area contributed by atoms with Crippen LogP contribution in [0.25, 0.3) is 0 Å². The minimum Gasteiger partial charge on any atom is -0.756 e. The fourth-order valence-electron chi connectivity index (χ4n) is 7.51. The van der Waals surface area contributed by atoms with Gasteiger partial charge in [0.05, 0.1) is 39.9 Å². The molecule has 0 saturated carbocycles. The molecule has 3 atom stereocenters. The van der Waals surface area contributed by atoms with Crippen molar-refractivity contribution in [2.24, 2.45) is 0 Å². The summed E-state index contributed by atoms with van der Waals surface area (Å²) < 4.78 is 23.3. The van der Waals surface area contributed by atoms with Gasteiger partial charge in [-0.2, -0.15) is 0 Å². The van der Waals surface area contributed by atoms with Crippen molar-refractivity contribution in [3.63, 3.8) is 0 Å². The molecule has 0 rings (SSSR count). The summed E-state index contributed by atoms with van der Waals surface area (Å²) in [5, 5.41) is 13.9. The van der Waals surface area contributed by atoms with Crippen LogP contribution in [0.2, 0.25) is 0 Å². The number of likely N-dealkylation sites (N-methyl/N-ethyl adjacent to an activating group) is 1. The molecule has 0 aromatic carbocycles. The lowest BCUT2D eigenvalue weighted by molar-refractivity contribution is -0.870. The molecule has 0 aromatic heterocycles. The number of nitrogens with zero attached hydrogens (tertiary/aromatic N) is 1. The molecule has 0 radical (unpaired) electrons. The summed E-state index contributed by atoms with van der Waals surface area (Å²) in [7, 11) is 1.30. The first-order valence-electron chi connectivity index (χ1n) is 25.0. The zero-order valence-corrected chi connectivity index (χ0v) is 40.2. The molecule has 0 heterocycles. The number of hydrogen-bond acceptors (Lipinski definition) is 6. The maximum atomic E-state index is 12.9. The van der Waals surface area contributed by atoms with Crippen molar-refractivity contribution in [3.8, 4) is 0 Å². The molecule has 58 heavy (non-hydrogen) atoms. The van der Waals surface area contributed by atoms with Gasteiger partial charge in [0.2, 0.25) is 5.91 Å². The van der Waals surface area contributed by atoms with Crippen molar-refractivity contribution in [3.05, 3.63) is 12.2 Å². The van der Waals surface area contributed by atoms with Crippen molar-refractivity contribution in [2.45, 2.75) is 257 Å². The second kappa shape index (κ2) is 41.6. The fourth-order valence-corrected chi connectivity index (χ4v) is 8.23. The molecule has 2 N–H and O–H groups in total. The minimum atomic E-state index is -4.57. The van der Waals surface area contributed by atoms with Crippen LogP contribution in [0.3, 0.4) is 0 Å². The van der Waals surface area contributed by atoms with Gasteiger partial charge in [0.1, 0.15) is 13.2 Å². The number of quaternary nitrogens is 1. The molecular formula is C49H99N2O6P. The van der Waals surface area contributed by atoms with Gasteiger partial charge in [-0.05, 0) is 38.5 Å². The maximum absolute atomic E-state index is 12.9. The predicted molar refractivity (Wildman–Crippen MR) is 247 cm³/mol. The van der Waals surface area contributed by atoms with Gasteiger partial charge in [0.15, 0.2) is 0 Å². The molecule has 8 nitrogen and oxygen atoms in total. The molecule has 0 aliphatic heterocycles. The van der Waals surface area contributed by atoms with E-state index in [0.717, 1.165) is 44.9 Å². The number of aliphatic hydroxyl groups excluding tert-OH is 1. The highest BCUT2D eigenvalue weighted by Gasteiger charge is 2.24. The molecule has 0 aromatic rings. The average molecular weight is 843 g/mol. The van der Waals surface area contributed by atoms with E-state index < -0.39 is 20.0 Å². The van der Waals surface area contributed by atoms with E-state index in [-0.39, 0.29) is 19.1 Å². The van der Waals surface area contributed by atoms with E-state index in [9.17, 15) is 19.4 Å². The average Bonchev–Trinajstić information content (AvgIpc) is 3.17. The molecule has 0 fully saturated rings. The smallest absolute Gasteiger partial charge is 0.268 e. The summed E-state index contributed by atoms with van der Waals surface area (Å²) in [6, 6.07) is -0.811. The van der Waals surface area contributed by atoms with Crippen molar-refractivity contribution in [2.75, 3.05) is 40.9 Å². The topological polar surface area (TPSA) is 108 Å². The Balaban J connectivity index is 4.25. The lowest BCUT2D eigenvalue weighted by Gasteiger charge is -2.30. The number of amides is 1. The molecule has 9 heteroatoms. The van der Waals surface area contributed by atoms with Crippen LogP contribution in [0.1, 0.15) is 245 Å². The van der Waals surface area contributed by atoms with Gasteiger partial charge in [-0.1, -0.05) is 212 Å². The summed E-state index contributed by atoms with van der Waals surface area (Å²) >= 11 is 0. The Bertz CT molecular complexity index is 958. The molecular weight excluding hydrogens is 744 g/mol. The van der Waals surface area contributed by atoms with Gasteiger partial charge < -0.3 is 28.8 Å². The van der Waals surface area contributed by atoms with Gasteiger partial charge in [0.25, 0.3) is 7.82 Å². The number of aliphatic hydroxyl groups is 1. The number of rotatable bonds is 46. The van der Waals surface area contributed by atoms with Crippen LogP contribution in [0, 0.1) is 0 Å². The second-order valence-corrected chi connectivity index (χ2v) is 19.9. The summed E-state index contributed by atoms with van der Waals surface area (Å²) in [5.74, 6) is -0.170. The van der Waals surface area contributed by atoms with Crippen LogP contribution in [0.15, 0.2) is 12.2 Å². The predicted octanol–water partition coefficient (Wildman–Crippen LogP) is 13.7. The number of carbonyl (C=O) groups is 1. The Morgan fingerprint density at radius 2 is 0.948 bits per heavy atom. The summed E-state index contributed by atoms with van der Waals surface area (Å²) in [6.07, 6.45) is 48.0. The Labute approximate surface area is 361 Å². The van der Waals surface area contributed by atoms with Gasteiger partial charge in [-0.3, -0.25) is 9.36 Å². The highest BCUT2D eigenvalue weighted by molar-refractivity contribution is 7.45. The lowest BCUT2D eigenvalue weighted by atomic mass is 10.0. The quantitative estimate of drug-likeness (QED) is 0.0273. The third-order valence-corrected chi connectivity index (χ3v) is 12.5. The highest BCUT2D eigenvalue weighted by atomic mass is 31.2. The third kappa shape index (κ3) is 43.3. The van der Waals surface area contributed by atoms with E-state index in [2.05, 4.69) is 31.3 Å². The minimum absolute atomic E-state index is 0.00990. The van der Waals surface area contributed by atoms with E-state index >= 15 is 0 Å². The molecule has 0 aliphatic carbocycles. The number of allylic oxidation sites excluding steroid dienone is 2. The van der Waals surface area contributed by atoms with Crippen LogP contribution in [-0.4, -0.2) is 68.5 Å².